The number of halogens is 2. The summed E-state index contributed by atoms with van der Waals surface area (Å²) in [5.74, 6) is 0.176. The van der Waals surface area contributed by atoms with Crippen molar-refractivity contribution < 1.29 is 9.59 Å². The molecule has 0 saturated carbocycles. The van der Waals surface area contributed by atoms with Crippen molar-refractivity contribution in [1.29, 1.82) is 0 Å². The third-order valence-corrected chi connectivity index (χ3v) is 4.50. The Bertz CT molecular complexity index is 615. The maximum Gasteiger partial charge on any atom is 0.317 e. The summed E-state index contributed by atoms with van der Waals surface area (Å²) in [7, 11) is 0. The zero-order valence-electron chi connectivity index (χ0n) is 14.9. The first-order valence-corrected chi connectivity index (χ1v) is 9.21. The van der Waals surface area contributed by atoms with E-state index in [1.54, 1.807) is 18.2 Å². The lowest BCUT2D eigenvalue weighted by Crippen LogP contribution is -2.51. The lowest BCUT2D eigenvalue weighted by molar-refractivity contribution is 0.0937. The van der Waals surface area contributed by atoms with E-state index in [-0.39, 0.29) is 17.5 Å². The normalized spacial score (nSPS) is 15.8. The molecule has 0 spiro atoms. The van der Waals surface area contributed by atoms with E-state index in [9.17, 15) is 9.59 Å². The Hall–Kier alpha value is -1.46. The molecule has 25 heavy (non-hydrogen) atoms. The number of urea groups is 1. The van der Waals surface area contributed by atoms with Gasteiger partial charge in [0.2, 0.25) is 0 Å². The van der Waals surface area contributed by atoms with Gasteiger partial charge < -0.3 is 15.5 Å². The molecule has 2 N–H and O–H groups in total. The van der Waals surface area contributed by atoms with E-state index in [4.69, 9.17) is 23.2 Å². The molecule has 0 unspecified atom stereocenters. The largest absolute Gasteiger partial charge is 0.352 e. The van der Waals surface area contributed by atoms with E-state index in [1.807, 2.05) is 25.7 Å². The van der Waals surface area contributed by atoms with Crippen molar-refractivity contribution in [2.75, 3.05) is 19.6 Å². The van der Waals surface area contributed by atoms with Crippen molar-refractivity contribution in [3.63, 3.8) is 0 Å². The molecule has 0 radical (unpaired) electrons. The van der Waals surface area contributed by atoms with Crippen molar-refractivity contribution in [3.05, 3.63) is 33.8 Å². The summed E-state index contributed by atoms with van der Waals surface area (Å²) < 4.78 is 0. The fraction of sp³-hybridized carbons (Fsp3) is 0.556. The Kier molecular flexibility index (Phi) is 6.58. The molecule has 1 aliphatic rings. The summed E-state index contributed by atoms with van der Waals surface area (Å²) in [4.78, 5) is 26.2. The average molecular weight is 386 g/mol. The highest BCUT2D eigenvalue weighted by Gasteiger charge is 2.25. The number of carbonyl (C=O) groups excluding carboxylic acids is 2. The molecule has 0 bridgehead atoms. The van der Waals surface area contributed by atoms with Crippen LogP contribution in [0.5, 0.6) is 0 Å². The zero-order chi connectivity index (χ0) is 18.6. The zero-order valence-corrected chi connectivity index (χ0v) is 16.4. The molecule has 3 amide bonds. The van der Waals surface area contributed by atoms with E-state index in [2.05, 4.69) is 10.6 Å². The molecule has 1 saturated heterocycles. The van der Waals surface area contributed by atoms with Gasteiger partial charge in [0.1, 0.15) is 0 Å². The maximum absolute atomic E-state index is 12.2. The summed E-state index contributed by atoms with van der Waals surface area (Å²) in [5.41, 5.74) is 0.222. The lowest BCUT2D eigenvalue weighted by Gasteiger charge is -2.34. The third kappa shape index (κ3) is 6.40. The number of nitrogens with zero attached hydrogens (tertiary/aromatic N) is 1. The van der Waals surface area contributed by atoms with E-state index in [0.29, 0.717) is 41.2 Å². The summed E-state index contributed by atoms with van der Waals surface area (Å²) >= 11 is 11.9. The number of benzene rings is 1. The van der Waals surface area contributed by atoms with Crippen LogP contribution < -0.4 is 10.6 Å². The molecular weight excluding hydrogens is 361 g/mol. The van der Waals surface area contributed by atoms with Crippen molar-refractivity contribution >= 4 is 35.1 Å². The maximum atomic E-state index is 12.2. The standard InChI is InChI=1S/C18H25Cl2N3O2/c1-18(2,3)22-17(25)23-6-4-12(5-7-23)11-21-16(24)13-8-14(19)10-15(20)9-13/h8-10,12H,4-7,11H2,1-3H3,(H,21,24)(H,22,25). The van der Waals surface area contributed by atoms with Crippen molar-refractivity contribution in [2.45, 2.75) is 39.2 Å². The van der Waals surface area contributed by atoms with Gasteiger partial charge in [-0.2, -0.15) is 0 Å². The molecule has 7 heteroatoms. The van der Waals surface area contributed by atoms with Crippen LogP contribution >= 0.6 is 23.2 Å². The number of carbonyl (C=O) groups is 2. The molecule has 0 atom stereocenters. The number of hydrogen-bond donors (Lipinski definition) is 2. The van der Waals surface area contributed by atoms with Crippen LogP contribution in [-0.4, -0.2) is 42.0 Å². The number of piperidine rings is 1. The van der Waals surface area contributed by atoms with Crippen molar-refractivity contribution in [3.8, 4) is 0 Å². The molecule has 5 nitrogen and oxygen atoms in total. The second-order valence-corrected chi connectivity index (χ2v) is 8.35. The lowest BCUT2D eigenvalue weighted by atomic mass is 9.96. The van der Waals surface area contributed by atoms with Crippen molar-refractivity contribution in [2.24, 2.45) is 5.92 Å². The van der Waals surface area contributed by atoms with E-state index < -0.39 is 0 Å². The first-order chi connectivity index (χ1) is 11.6. The fourth-order valence-corrected chi connectivity index (χ4v) is 3.29. The summed E-state index contributed by atoms with van der Waals surface area (Å²) in [5, 5.41) is 6.79. The average Bonchev–Trinajstić information content (AvgIpc) is 2.50. The molecular formula is C18H25Cl2N3O2. The molecule has 1 aromatic rings. The molecule has 1 fully saturated rings. The molecule has 0 aliphatic carbocycles. The van der Waals surface area contributed by atoms with Gasteiger partial charge in [-0.1, -0.05) is 23.2 Å². The summed E-state index contributed by atoms with van der Waals surface area (Å²) in [6.45, 7) is 7.88. The van der Waals surface area contributed by atoms with Crippen LogP contribution in [0, 0.1) is 5.92 Å². The quantitative estimate of drug-likeness (QED) is 0.827. The predicted molar refractivity (Wildman–Crippen MR) is 101 cm³/mol. The van der Waals surface area contributed by atoms with Gasteiger partial charge in [-0.3, -0.25) is 4.79 Å². The highest BCUT2D eigenvalue weighted by atomic mass is 35.5. The summed E-state index contributed by atoms with van der Waals surface area (Å²) in [6.07, 6.45) is 1.74. The molecule has 138 valence electrons. The van der Waals surface area contributed by atoms with Gasteiger partial charge in [0.05, 0.1) is 0 Å². The van der Waals surface area contributed by atoms with Crippen LogP contribution in [0.2, 0.25) is 10.0 Å². The van der Waals surface area contributed by atoms with Gasteiger partial charge in [-0.05, 0) is 57.7 Å². The molecule has 1 aromatic carbocycles. The fourth-order valence-electron chi connectivity index (χ4n) is 2.76. The van der Waals surface area contributed by atoms with Gasteiger partial charge >= 0.3 is 6.03 Å². The highest BCUT2D eigenvalue weighted by Crippen LogP contribution is 2.20. The van der Waals surface area contributed by atoms with Crippen LogP contribution in [0.1, 0.15) is 44.0 Å². The Labute approximate surface area is 159 Å². The smallest absolute Gasteiger partial charge is 0.317 e. The number of rotatable bonds is 3. The van der Waals surface area contributed by atoms with Gasteiger partial charge in [0.15, 0.2) is 0 Å². The summed E-state index contributed by atoms with van der Waals surface area (Å²) in [6, 6.07) is 4.77. The van der Waals surface area contributed by atoms with Crippen LogP contribution in [0.25, 0.3) is 0 Å². The first-order valence-electron chi connectivity index (χ1n) is 8.45. The minimum Gasteiger partial charge on any atom is -0.352 e. The SMILES string of the molecule is CC(C)(C)NC(=O)N1CCC(CNC(=O)c2cc(Cl)cc(Cl)c2)CC1. The van der Waals surface area contributed by atoms with Crippen LogP contribution in [-0.2, 0) is 0 Å². The van der Waals surface area contributed by atoms with Gasteiger partial charge in [-0.25, -0.2) is 4.79 Å². The van der Waals surface area contributed by atoms with Crippen molar-refractivity contribution in [1.82, 2.24) is 15.5 Å². The Morgan fingerprint density at radius 2 is 1.68 bits per heavy atom. The van der Waals surface area contributed by atoms with Crippen LogP contribution in [0.4, 0.5) is 4.79 Å². The van der Waals surface area contributed by atoms with Crippen LogP contribution in [0.3, 0.4) is 0 Å². The second kappa shape index (κ2) is 8.28. The Morgan fingerprint density at radius 3 is 2.20 bits per heavy atom. The highest BCUT2D eigenvalue weighted by molar-refractivity contribution is 6.35. The van der Waals surface area contributed by atoms with Gasteiger partial charge in [0, 0.05) is 40.8 Å². The van der Waals surface area contributed by atoms with Crippen LogP contribution in [0.15, 0.2) is 18.2 Å². The second-order valence-electron chi connectivity index (χ2n) is 7.48. The number of likely N-dealkylation sites (tertiary alicyclic amines) is 1. The van der Waals surface area contributed by atoms with E-state index >= 15 is 0 Å². The van der Waals surface area contributed by atoms with Gasteiger partial charge in [0.25, 0.3) is 5.91 Å². The topological polar surface area (TPSA) is 61.4 Å². The number of nitrogens with one attached hydrogen (secondary N) is 2. The number of hydrogen-bond acceptors (Lipinski definition) is 2. The molecule has 1 aliphatic heterocycles. The minimum atomic E-state index is -0.236. The first kappa shape index (κ1) is 19.9. The predicted octanol–water partition coefficient (Wildman–Crippen LogP) is 3.94. The molecule has 0 aromatic heterocycles. The Morgan fingerprint density at radius 1 is 1.12 bits per heavy atom. The number of amides is 3. The van der Waals surface area contributed by atoms with E-state index in [0.717, 1.165) is 12.8 Å². The monoisotopic (exact) mass is 385 g/mol. The Balaban J connectivity index is 1.78. The molecule has 1 heterocycles. The third-order valence-electron chi connectivity index (χ3n) is 4.06. The van der Waals surface area contributed by atoms with E-state index in [1.165, 1.54) is 0 Å². The van der Waals surface area contributed by atoms with Gasteiger partial charge in [-0.15, -0.1) is 0 Å². The molecule has 2 rings (SSSR count). The minimum absolute atomic E-state index is 0.0245.